The molecule has 0 aliphatic heterocycles. The van der Waals surface area contributed by atoms with Crippen molar-refractivity contribution in [1.29, 1.82) is 0 Å². The molecule has 1 aliphatic rings. The van der Waals surface area contributed by atoms with Crippen molar-refractivity contribution in [3.05, 3.63) is 30.1 Å². The highest BCUT2D eigenvalue weighted by atomic mass is 127. The molecule has 1 heterocycles. The average molecular weight is 484 g/mol. The predicted octanol–water partition coefficient (Wildman–Crippen LogP) is 2.86. The van der Waals surface area contributed by atoms with Gasteiger partial charge >= 0.3 is 0 Å². The SMILES string of the molecule is CN=C(NCCCn1c(C)nc2ccccc21)NCC(C1CC1)N(C)C.I. The number of halogens is 1. The highest BCUT2D eigenvalue weighted by molar-refractivity contribution is 14.0. The van der Waals surface area contributed by atoms with Crippen molar-refractivity contribution in [3.8, 4) is 0 Å². The lowest BCUT2D eigenvalue weighted by Gasteiger charge is -2.25. The number of fused-ring (bicyclic) bond motifs is 1. The van der Waals surface area contributed by atoms with Gasteiger partial charge in [0, 0.05) is 32.7 Å². The van der Waals surface area contributed by atoms with Crippen molar-refractivity contribution in [2.75, 3.05) is 34.2 Å². The zero-order valence-electron chi connectivity index (χ0n) is 16.9. The van der Waals surface area contributed by atoms with Gasteiger partial charge < -0.3 is 20.1 Å². The van der Waals surface area contributed by atoms with E-state index in [1.807, 2.05) is 13.1 Å². The second kappa shape index (κ2) is 10.3. The molecule has 150 valence electrons. The number of benzene rings is 1. The van der Waals surface area contributed by atoms with Crippen molar-refractivity contribution >= 4 is 41.0 Å². The van der Waals surface area contributed by atoms with E-state index in [0.29, 0.717) is 6.04 Å². The van der Waals surface area contributed by atoms with Crippen LogP contribution in [0.15, 0.2) is 29.3 Å². The Morgan fingerprint density at radius 3 is 2.70 bits per heavy atom. The largest absolute Gasteiger partial charge is 0.356 e. The number of aliphatic imine (C=N–C) groups is 1. The molecule has 0 radical (unpaired) electrons. The van der Waals surface area contributed by atoms with E-state index in [1.54, 1.807) is 0 Å². The van der Waals surface area contributed by atoms with Crippen molar-refractivity contribution in [2.45, 2.75) is 38.8 Å². The van der Waals surface area contributed by atoms with E-state index < -0.39 is 0 Å². The predicted molar refractivity (Wildman–Crippen MR) is 124 cm³/mol. The van der Waals surface area contributed by atoms with Crippen LogP contribution in [-0.4, -0.2) is 60.7 Å². The summed E-state index contributed by atoms with van der Waals surface area (Å²) in [5.74, 6) is 2.81. The Morgan fingerprint density at radius 1 is 1.30 bits per heavy atom. The van der Waals surface area contributed by atoms with Gasteiger partial charge in [-0.25, -0.2) is 4.98 Å². The summed E-state index contributed by atoms with van der Waals surface area (Å²) in [6.45, 7) is 4.87. The first-order chi connectivity index (χ1) is 12.6. The second-order valence-electron chi connectivity index (χ2n) is 7.40. The third-order valence-electron chi connectivity index (χ3n) is 5.23. The summed E-state index contributed by atoms with van der Waals surface area (Å²) in [4.78, 5) is 11.3. The van der Waals surface area contributed by atoms with Crippen molar-refractivity contribution in [2.24, 2.45) is 10.9 Å². The summed E-state index contributed by atoms with van der Waals surface area (Å²) < 4.78 is 2.29. The fourth-order valence-electron chi connectivity index (χ4n) is 3.60. The Bertz CT molecular complexity index is 748. The van der Waals surface area contributed by atoms with Crippen LogP contribution >= 0.6 is 24.0 Å². The van der Waals surface area contributed by atoms with Gasteiger partial charge in [-0.05, 0) is 58.3 Å². The van der Waals surface area contributed by atoms with E-state index in [9.17, 15) is 0 Å². The van der Waals surface area contributed by atoms with Crippen LogP contribution in [0.2, 0.25) is 0 Å². The molecule has 6 nitrogen and oxygen atoms in total. The fraction of sp³-hybridized carbons (Fsp3) is 0.600. The number of hydrogen-bond acceptors (Lipinski definition) is 3. The Morgan fingerprint density at radius 2 is 2.04 bits per heavy atom. The zero-order chi connectivity index (χ0) is 18.5. The van der Waals surface area contributed by atoms with E-state index >= 15 is 0 Å². The van der Waals surface area contributed by atoms with Gasteiger partial charge in [-0.1, -0.05) is 12.1 Å². The van der Waals surface area contributed by atoms with E-state index in [-0.39, 0.29) is 24.0 Å². The average Bonchev–Trinajstić information content (AvgIpc) is 3.40. The number of nitrogens with zero attached hydrogens (tertiary/aromatic N) is 4. The zero-order valence-corrected chi connectivity index (χ0v) is 19.2. The van der Waals surface area contributed by atoms with Gasteiger partial charge in [-0.15, -0.1) is 24.0 Å². The Hall–Kier alpha value is -1.35. The van der Waals surface area contributed by atoms with E-state index in [2.05, 4.69) is 69.3 Å². The Labute approximate surface area is 179 Å². The lowest BCUT2D eigenvalue weighted by Crippen LogP contribution is -2.46. The monoisotopic (exact) mass is 484 g/mol. The Balaban J connectivity index is 0.00000261. The van der Waals surface area contributed by atoms with Gasteiger partial charge in [0.2, 0.25) is 0 Å². The molecule has 1 fully saturated rings. The van der Waals surface area contributed by atoms with Crippen LogP contribution in [0.25, 0.3) is 11.0 Å². The molecule has 2 aromatic rings. The Kier molecular flexibility index (Phi) is 8.34. The summed E-state index contributed by atoms with van der Waals surface area (Å²) >= 11 is 0. The fourth-order valence-corrected chi connectivity index (χ4v) is 3.60. The highest BCUT2D eigenvalue weighted by Crippen LogP contribution is 2.34. The molecule has 3 rings (SSSR count). The van der Waals surface area contributed by atoms with Crippen LogP contribution < -0.4 is 10.6 Å². The molecule has 0 spiro atoms. The van der Waals surface area contributed by atoms with E-state index in [4.69, 9.17) is 0 Å². The van der Waals surface area contributed by atoms with Crippen LogP contribution in [0.3, 0.4) is 0 Å². The molecule has 7 heteroatoms. The van der Waals surface area contributed by atoms with Gasteiger partial charge in [-0.3, -0.25) is 4.99 Å². The van der Waals surface area contributed by atoms with E-state index in [1.165, 1.54) is 18.4 Å². The standard InChI is InChI=1S/C20H32N6.HI/c1-15-24-17-8-5-6-9-18(17)26(15)13-7-12-22-20(21-2)23-14-19(25(3)4)16-10-11-16;/h5-6,8-9,16,19H,7,10-14H2,1-4H3,(H2,21,22,23);1H. The minimum Gasteiger partial charge on any atom is -0.356 e. The lowest BCUT2D eigenvalue weighted by molar-refractivity contribution is 0.264. The van der Waals surface area contributed by atoms with Crippen LogP contribution in [0.1, 0.15) is 25.1 Å². The molecular weight excluding hydrogens is 451 g/mol. The molecule has 27 heavy (non-hydrogen) atoms. The van der Waals surface area contributed by atoms with Crippen LogP contribution in [-0.2, 0) is 6.54 Å². The number of aryl methyl sites for hydroxylation is 2. The summed E-state index contributed by atoms with van der Waals surface area (Å²) in [6, 6.07) is 8.92. The van der Waals surface area contributed by atoms with Gasteiger partial charge in [0.1, 0.15) is 5.82 Å². The molecular formula is C20H33IN6. The smallest absolute Gasteiger partial charge is 0.191 e. The number of aromatic nitrogens is 2. The van der Waals surface area contributed by atoms with Crippen LogP contribution in [0.5, 0.6) is 0 Å². The number of hydrogen-bond donors (Lipinski definition) is 2. The van der Waals surface area contributed by atoms with Gasteiger partial charge in [-0.2, -0.15) is 0 Å². The second-order valence-corrected chi connectivity index (χ2v) is 7.40. The molecule has 1 aromatic heterocycles. The molecule has 1 aliphatic carbocycles. The highest BCUT2D eigenvalue weighted by Gasteiger charge is 2.32. The maximum Gasteiger partial charge on any atom is 0.191 e. The third kappa shape index (κ3) is 5.81. The first kappa shape index (κ1) is 21.9. The number of likely N-dealkylation sites (N-methyl/N-ethyl adjacent to an activating group) is 1. The van der Waals surface area contributed by atoms with Crippen molar-refractivity contribution in [3.63, 3.8) is 0 Å². The van der Waals surface area contributed by atoms with E-state index in [0.717, 1.165) is 49.3 Å². The number of para-hydroxylation sites is 2. The first-order valence-corrected chi connectivity index (χ1v) is 9.63. The maximum absolute atomic E-state index is 4.63. The summed E-state index contributed by atoms with van der Waals surface area (Å²) in [5.41, 5.74) is 2.29. The molecule has 2 N–H and O–H groups in total. The van der Waals surface area contributed by atoms with Crippen LogP contribution in [0, 0.1) is 12.8 Å². The number of imidazole rings is 1. The minimum atomic E-state index is 0. The van der Waals surface area contributed by atoms with Crippen molar-refractivity contribution < 1.29 is 0 Å². The molecule has 0 saturated heterocycles. The molecule has 1 unspecified atom stereocenters. The molecule has 1 saturated carbocycles. The molecule has 1 atom stereocenters. The number of nitrogens with one attached hydrogen (secondary N) is 2. The lowest BCUT2D eigenvalue weighted by atomic mass is 10.1. The topological polar surface area (TPSA) is 57.5 Å². The molecule has 0 bridgehead atoms. The first-order valence-electron chi connectivity index (χ1n) is 9.63. The van der Waals surface area contributed by atoms with Gasteiger partial charge in [0.25, 0.3) is 0 Å². The number of guanidine groups is 1. The summed E-state index contributed by atoms with van der Waals surface area (Å²) in [5, 5.41) is 6.92. The van der Waals surface area contributed by atoms with Gasteiger partial charge in [0.15, 0.2) is 5.96 Å². The van der Waals surface area contributed by atoms with Gasteiger partial charge in [0.05, 0.1) is 11.0 Å². The molecule has 1 aromatic carbocycles. The third-order valence-corrected chi connectivity index (χ3v) is 5.23. The normalized spacial score (nSPS) is 15.7. The minimum absolute atomic E-state index is 0. The summed E-state index contributed by atoms with van der Waals surface area (Å²) in [6.07, 6.45) is 3.74. The number of rotatable bonds is 8. The summed E-state index contributed by atoms with van der Waals surface area (Å²) in [7, 11) is 6.17. The van der Waals surface area contributed by atoms with Crippen LogP contribution in [0.4, 0.5) is 0 Å². The maximum atomic E-state index is 4.63. The molecule has 0 amide bonds. The quantitative estimate of drug-likeness (QED) is 0.262. The van der Waals surface area contributed by atoms with Crippen molar-refractivity contribution in [1.82, 2.24) is 25.1 Å².